The molecule has 25 heavy (non-hydrogen) atoms. The van der Waals surface area contributed by atoms with Crippen LogP contribution in [0.25, 0.3) is 11.1 Å². The first-order chi connectivity index (χ1) is 12.2. The SMILES string of the molecule is CCNC(C(=O)Nc1ccc(-c2cn[nH]c2)cc1)c1cccc(Cl)c1. The Bertz CT molecular complexity index is 831. The van der Waals surface area contributed by atoms with E-state index in [0.717, 1.165) is 22.4 Å². The summed E-state index contributed by atoms with van der Waals surface area (Å²) in [6.07, 6.45) is 3.59. The molecule has 0 aliphatic rings. The summed E-state index contributed by atoms with van der Waals surface area (Å²) in [6, 6.07) is 14.5. The molecule has 0 bridgehead atoms. The maximum absolute atomic E-state index is 12.7. The second-order valence-corrected chi connectivity index (χ2v) is 6.04. The van der Waals surface area contributed by atoms with Crippen molar-refractivity contribution >= 4 is 23.2 Å². The lowest BCUT2D eigenvalue weighted by Gasteiger charge is -2.18. The van der Waals surface area contributed by atoms with Crippen LogP contribution < -0.4 is 10.6 Å². The summed E-state index contributed by atoms with van der Waals surface area (Å²) in [6.45, 7) is 2.63. The minimum absolute atomic E-state index is 0.125. The predicted octanol–water partition coefficient (Wildman–Crippen LogP) is 4.02. The lowest BCUT2D eigenvalue weighted by molar-refractivity contribution is -0.118. The zero-order valence-corrected chi connectivity index (χ0v) is 14.5. The Morgan fingerprint density at radius 1 is 1.20 bits per heavy atom. The summed E-state index contributed by atoms with van der Waals surface area (Å²) >= 11 is 6.05. The van der Waals surface area contributed by atoms with E-state index in [1.807, 2.05) is 49.5 Å². The van der Waals surface area contributed by atoms with Crippen LogP contribution in [0.2, 0.25) is 5.02 Å². The molecule has 1 heterocycles. The highest BCUT2D eigenvalue weighted by atomic mass is 35.5. The van der Waals surface area contributed by atoms with E-state index in [1.165, 1.54) is 0 Å². The third kappa shape index (κ3) is 4.26. The molecule has 1 aromatic heterocycles. The van der Waals surface area contributed by atoms with E-state index in [-0.39, 0.29) is 5.91 Å². The Balaban J connectivity index is 1.75. The van der Waals surface area contributed by atoms with Crippen LogP contribution in [-0.4, -0.2) is 22.6 Å². The average Bonchev–Trinajstić information content (AvgIpc) is 3.15. The molecular weight excluding hydrogens is 336 g/mol. The number of benzene rings is 2. The fourth-order valence-electron chi connectivity index (χ4n) is 2.62. The molecule has 1 amide bonds. The number of nitrogens with one attached hydrogen (secondary N) is 3. The van der Waals surface area contributed by atoms with E-state index in [4.69, 9.17) is 11.6 Å². The van der Waals surface area contributed by atoms with E-state index in [0.29, 0.717) is 11.6 Å². The van der Waals surface area contributed by atoms with Crippen molar-refractivity contribution in [2.24, 2.45) is 0 Å². The van der Waals surface area contributed by atoms with Crippen molar-refractivity contribution in [3.8, 4) is 11.1 Å². The number of hydrogen-bond acceptors (Lipinski definition) is 3. The number of aromatic amines is 1. The first-order valence-corrected chi connectivity index (χ1v) is 8.44. The minimum Gasteiger partial charge on any atom is -0.324 e. The van der Waals surface area contributed by atoms with Crippen LogP contribution in [0.5, 0.6) is 0 Å². The van der Waals surface area contributed by atoms with Crippen LogP contribution in [0.4, 0.5) is 5.69 Å². The van der Waals surface area contributed by atoms with Gasteiger partial charge in [0.25, 0.3) is 0 Å². The van der Waals surface area contributed by atoms with Crippen molar-refractivity contribution < 1.29 is 4.79 Å². The number of rotatable bonds is 6. The maximum atomic E-state index is 12.7. The van der Waals surface area contributed by atoms with Crippen LogP contribution in [-0.2, 0) is 4.79 Å². The molecule has 0 spiro atoms. The van der Waals surface area contributed by atoms with Crippen molar-refractivity contribution in [1.29, 1.82) is 0 Å². The second kappa shape index (κ2) is 7.96. The molecule has 128 valence electrons. The number of halogens is 1. The molecule has 0 saturated heterocycles. The van der Waals surface area contributed by atoms with Crippen LogP contribution >= 0.6 is 11.6 Å². The molecule has 0 saturated carbocycles. The molecule has 0 fully saturated rings. The number of likely N-dealkylation sites (N-methyl/N-ethyl adjacent to an activating group) is 1. The van der Waals surface area contributed by atoms with Gasteiger partial charge in [0.2, 0.25) is 5.91 Å². The van der Waals surface area contributed by atoms with E-state index >= 15 is 0 Å². The lowest BCUT2D eigenvalue weighted by atomic mass is 10.1. The van der Waals surface area contributed by atoms with Gasteiger partial charge >= 0.3 is 0 Å². The Labute approximate surface area is 151 Å². The first-order valence-electron chi connectivity index (χ1n) is 8.06. The molecule has 3 rings (SSSR count). The molecule has 1 atom stereocenters. The zero-order chi connectivity index (χ0) is 17.6. The monoisotopic (exact) mass is 354 g/mol. The molecule has 1 unspecified atom stereocenters. The van der Waals surface area contributed by atoms with Crippen LogP contribution in [0.3, 0.4) is 0 Å². The Morgan fingerprint density at radius 2 is 2.00 bits per heavy atom. The van der Waals surface area contributed by atoms with Gasteiger partial charge in [0.1, 0.15) is 6.04 Å². The fourth-order valence-corrected chi connectivity index (χ4v) is 2.82. The number of H-pyrrole nitrogens is 1. The van der Waals surface area contributed by atoms with E-state index in [2.05, 4.69) is 20.8 Å². The van der Waals surface area contributed by atoms with Gasteiger partial charge in [-0.15, -0.1) is 0 Å². The van der Waals surface area contributed by atoms with E-state index in [9.17, 15) is 4.79 Å². The van der Waals surface area contributed by atoms with Gasteiger partial charge in [-0.1, -0.05) is 42.8 Å². The topological polar surface area (TPSA) is 69.8 Å². The lowest BCUT2D eigenvalue weighted by Crippen LogP contribution is -2.32. The number of carbonyl (C=O) groups excluding carboxylic acids is 1. The number of amides is 1. The number of carbonyl (C=O) groups is 1. The van der Waals surface area contributed by atoms with Gasteiger partial charge < -0.3 is 10.6 Å². The summed E-state index contributed by atoms with van der Waals surface area (Å²) in [5.74, 6) is -0.125. The van der Waals surface area contributed by atoms with Crippen molar-refractivity contribution in [2.45, 2.75) is 13.0 Å². The minimum atomic E-state index is -0.461. The molecule has 0 aliphatic carbocycles. The Morgan fingerprint density at radius 3 is 2.64 bits per heavy atom. The van der Waals surface area contributed by atoms with Gasteiger partial charge in [-0.05, 0) is 41.9 Å². The van der Waals surface area contributed by atoms with Crippen molar-refractivity contribution in [3.63, 3.8) is 0 Å². The predicted molar refractivity (Wildman–Crippen MR) is 101 cm³/mol. The smallest absolute Gasteiger partial charge is 0.246 e. The Kier molecular flexibility index (Phi) is 5.48. The average molecular weight is 355 g/mol. The summed E-state index contributed by atoms with van der Waals surface area (Å²) < 4.78 is 0. The van der Waals surface area contributed by atoms with Gasteiger partial charge in [0.05, 0.1) is 6.20 Å². The maximum Gasteiger partial charge on any atom is 0.246 e. The van der Waals surface area contributed by atoms with Crippen molar-refractivity contribution in [1.82, 2.24) is 15.5 Å². The van der Waals surface area contributed by atoms with Crippen LogP contribution in [0.15, 0.2) is 60.9 Å². The van der Waals surface area contributed by atoms with Gasteiger partial charge in [-0.2, -0.15) is 5.10 Å². The zero-order valence-electron chi connectivity index (χ0n) is 13.8. The summed E-state index contributed by atoms with van der Waals surface area (Å²) in [4.78, 5) is 12.7. The Hall–Kier alpha value is -2.63. The third-order valence-corrected chi connectivity index (χ3v) is 4.07. The molecule has 2 aromatic carbocycles. The summed E-state index contributed by atoms with van der Waals surface area (Å²) in [5.41, 5.74) is 3.61. The normalized spacial score (nSPS) is 11.9. The third-order valence-electron chi connectivity index (χ3n) is 3.84. The standard InChI is InChI=1S/C19H19ClN4O/c1-2-21-18(14-4-3-5-16(20)10-14)19(25)24-17-8-6-13(7-9-17)15-11-22-23-12-15/h3-12,18,21H,2H2,1H3,(H,22,23)(H,24,25). The molecule has 6 heteroatoms. The number of aromatic nitrogens is 2. The highest BCUT2D eigenvalue weighted by Gasteiger charge is 2.19. The molecule has 0 radical (unpaired) electrons. The number of hydrogen-bond donors (Lipinski definition) is 3. The quantitative estimate of drug-likeness (QED) is 0.626. The van der Waals surface area contributed by atoms with E-state index < -0.39 is 6.04 Å². The molecule has 3 aromatic rings. The highest BCUT2D eigenvalue weighted by Crippen LogP contribution is 2.22. The van der Waals surface area contributed by atoms with Gasteiger partial charge in [0, 0.05) is 22.5 Å². The number of nitrogens with zero attached hydrogens (tertiary/aromatic N) is 1. The summed E-state index contributed by atoms with van der Waals surface area (Å²) in [7, 11) is 0. The van der Waals surface area contributed by atoms with Gasteiger partial charge in [-0.25, -0.2) is 0 Å². The molecular formula is C19H19ClN4O. The first kappa shape index (κ1) is 17.2. The summed E-state index contributed by atoms with van der Waals surface area (Å²) in [5, 5.41) is 13.5. The largest absolute Gasteiger partial charge is 0.324 e. The molecule has 0 aliphatic heterocycles. The molecule has 3 N–H and O–H groups in total. The fraction of sp³-hybridized carbons (Fsp3) is 0.158. The van der Waals surface area contributed by atoms with Crippen LogP contribution in [0.1, 0.15) is 18.5 Å². The van der Waals surface area contributed by atoms with Gasteiger partial charge in [-0.3, -0.25) is 9.89 Å². The second-order valence-electron chi connectivity index (χ2n) is 5.60. The molecule has 5 nitrogen and oxygen atoms in total. The van der Waals surface area contributed by atoms with Gasteiger partial charge in [0.15, 0.2) is 0 Å². The number of anilines is 1. The van der Waals surface area contributed by atoms with Crippen LogP contribution in [0, 0.1) is 0 Å². The van der Waals surface area contributed by atoms with E-state index in [1.54, 1.807) is 18.3 Å². The van der Waals surface area contributed by atoms with Crippen molar-refractivity contribution in [2.75, 3.05) is 11.9 Å². The highest BCUT2D eigenvalue weighted by molar-refractivity contribution is 6.30. The van der Waals surface area contributed by atoms with Crippen molar-refractivity contribution in [3.05, 3.63) is 71.5 Å².